The third-order valence-corrected chi connectivity index (χ3v) is 4.70. The van der Waals surface area contributed by atoms with Gasteiger partial charge in [-0.25, -0.2) is 0 Å². The summed E-state index contributed by atoms with van der Waals surface area (Å²) in [5.41, 5.74) is 0.554. The van der Waals surface area contributed by atoms with Gasteiger partial charge < -0.3 is 0 Å². The lowest BCUT2D eigenvalue weighted by Crippen LogP contribution is -2.13. The van der Waals surface area contributed by atoms with Crippen molar-refractivity contribution in [2.24, 2.45) is 0 Å². The van der Waals surface area contributed by atoms with Crippen molar-refractivity contribution < 1.29 is 18.0 Å². The normalized spacial score (nSPS) is 17.6. The lowest BCUT2D eigenvalue weighted by molar-refractivity contribution is -0.137. The second kappa shape index (κ2) is 5.22. The summed E-state index contributed by atoms with van der Waals surface area (Å²) in [7, 11) is 0. The highest BCUT2D eigenvalue weighted by atomic mass is 32.2. The van der Waals surface area contributed by atoms with Gasteiger partial charge in [-0.2, -0.15) is 13.2 Å². The molecule has 0 aliphatic carbocycles. The number of thioether (sulfide) groups is 1. The molecule has 0 bridgehead atoms. The largest absolute Gasteiger partial charge is 0.416 e. The van der Waals surface area contributed by atoms with Crippen molar-refractivity contribution in [1.82, 2.24) is 0 Å². The maximum absolute atomic E-state index is 12.5. The minimum atomic E-state index is -4.38. The Bertz CT molecular complexity index is 677. The number of hydrogen-bond donors (Lipinski definition) is 0. The zero-order valence-corrected chi connectivity index (χ0v) is 11.7. The number of hydrogen-bond acceptors (Lipinski definition) is 2. The first-order chi connectivity index (χ1) is 9.97. The first-order valence-corrected chi connectivity index (χ1v) is 7.38. The van der Waals surface area contributed by atoms with Gasteiger partial charge in [-0.3, -0.25) is 4.79 Å². The van der Waals surface area contributed by atoms with E-state index in [4.69, 9.17) is 0 Å². The van der Waals surface area contributed by atoms with Crippen molar-refractivity contribution in [2.45, 2.75) is 17.0 Å². The number of carbonyl (C=O) groups excluding carboxylic acids is 1. The molecule has 0 saturated carbocycles. The van der Waals surface area contributed by atoms with Gasteiger partial charge in [0, 0.05) is 16.2 Å². The summed E-state index contributed by atoms with van der Waals surface area (Å²) >= 11 is 1.61. The number of rotatable bonds is 2. The van der Waals surface area contributed by atoms with Gasteiger partial charge in [-0.05, 0) is 23.8 Å². The number of benzene rings is 2. The van der Waals surface area contributed by atoms with Crippen LogP contribution in [0.3, 0.4) is 0 Å². The predicted octanol–water partition coefficient (Wildman–Crippen LogP) is 4.78. The fourth-order valence-electron chi connectivity index (χ4n) is 2.40. The molecule has 0 radical (unpaired) electrons. The molecule has 0 amide bonds. The molecule has 0 saturated heterocycles. The minimum absolute atomic E-state index is 0.124. The second-order valence-electron chi connectivity index (χ2n) is 4.84. The van der Waals surface area contributed by atoms with Crippen LogP contribution in [0.25, 0.3) is 0 Å². The molecular weight excluding hydrogens is 297 g/mol. The van der Waals surface area contributed by atoms with Crippen LogP contribution in [0.5, 0.6) is 0 Å². The van der Waals surface area contributed by atoms with E-state index in [1.165, 1.54) is 12.1 Å². The van der Waals surface area contributed by atoms with E-state index in [0.29, 0.717) is 11.3 Å². The molecule has 3 rings (SSSR count). The Labute approximate surface area is 124 Å². The number of Topliss-reactive ketones (excluding diaryl/α,β-unsaturated/α-hetero) is 1. The van der Waals surface area contributed by atoms with Crippen LogP contribution in [0.1, 0.15) is 27.4 Å². The maximum Gasteiger partial charge on any atom is 0.416 e. The Balaban J connectivity index is 1.87. The van der Waals surface area contributed by atoms with Gasteiger partial charge in [0.2, 0.25) is 0 Å². The zero-order valence-electron chi connectivity index (χ0n) is 10.9. The van der Waals surface area contributed by atoms with Crippen LogP contribution in [0.4, 0.5) is 13.2 Å². The average molecular weight is 308 g/mol. The molecule has 1 aliphatic rings. The van der Waals surface area contributed by atoms with Crippen LogP contribution in [0.2, 0.25) is 0 Å². The first kappa shape index (κ1) is 14.2. The molecule has 1 heterocycles. The fraction of sp³-hybridized carbons (Fsp3) is 0.188. The van der Waals surface area contributed by atoms with Crippen LogP contribution < -0.4 is 0 Å². The zero-order chi connectivity index (χ0) is 15.0. The summed E-state index contributed by atoms with van der Waals surface area (Å²) in [5, 5.41) is 0. The van der Waals surface area contributed by atoms with Crippen molar-refractivity contribution in [1.29, 1.82) is 0 Å². The Hall–Kier alpha value is -1.75. The molecule has 0 N–H and O–H groups in total. The predicted molar refractivity (Wildman–Crippen MR) is 75.7 cm³/mol. The number of carbonyl (C=O) groups is 1. The molecule has 0 fully saturated rings. The van der Waals surface area contributed by atoms with E-state index < -0.39 is 11.7 Å². The van der Waals surface area contributed by atoms with Crippen molar-refractivity contribution in [2.75, 3.05) is 5.75 Å². The molecule has 0 aromatic heterocycles. The van der Waals surface area contributed by atoms with E-state index in [0.717, 1.165) is 22.6 Å². The fourth-order valence-corrected chi connectivity index (χ4v) is 3.63. The number of ketones is 1. The summed E-state index contributed by atoms with van der Waals surface area (Å²) in [4.78, 5) is 13.5. The molecule has 21 heavy (non-hydrogen) atoms. The Kier molecular flexibility index (Phi) is 3.53. The minimum Gasteiger partial charge on any atom is -0.293 e. The van der Waals surface area contributed by atoms with Gasteiger partial charge in [0.05, 0.1) is 11.5 Å². The Morgan fingerprint density at radius 3 is 2.38 bits per heavy atom. The monoisotopic (exact) mass is 308 g/mol. The van der Waals surface area contributed by atoms with Gasteiger partial charge in [-0.15, -0.1) is 11.8 Å². The lowest BCUT2D eigenvalue weighted by Gasteiger charge is -2.11. The first-order valence-electron chi connectivity index (χ1n) is 6.40. The summed E-state index contributed by atoms with van der Waals surface area (Å²) in [6.07, 6.45) is -4.38. The highest BCUT2D eigenvalue weighted by Crippen LogP contribution is 2.41. The average Bonchev–Trinajstić information content (AvgIpc) is 2.90. The number of halogens is 3. The van der Waals surface area contributed by atoms with Gasteiger partial charge in [-0.1, -0.05) is 30.3 Å². The van der Waals surface area contributed by atoms with E-state index in [-0.39, 0.29) is 11.7 Å². The molecule has 0 spiro atoms. The molecule has 2 aromatic carbocycles. The third-order valence-electron chi connectivity index (χ3n) is 3.51. The third kappa shape index (κ3) is 2.70. The smallest absolute Gasteiger partial charge is 0.293 e. The van der Waals surface area contributed by atoms with E-state index >= 15 is 0 Å². The van der Waals surface area contributed by atoms with E-state index in [1.54, 1.807) is 11.8 Å². The van der Waals surface area contributed by atoms with Gasteiger partial charge in [0.15, 0.2) is 5.78 Å². The summed E-state index contributed by atoms with van der Waals surface area (Å²) < 4.78 is 37.6. The maximum atomic E-state index is 12.5. The summed E-state index contributed by atoms with van der Waals surface area (Å²) in [5.74, 6) is 0.239. The Morgan fingerprint density at radius 1 is 1.05 bits per heavy atom. The molecule has 108 valence electrons. The van der Waals surface area contributed by atoms with Crippen LogP contribution in [-0.2, 0) is 6.18 Å². The highest BCUT2D eigenvalue weighted by Gasteiger charge is 2.32. The van der Waals surface area contributed by atoms with Crippen LogP contribution >= 0.6 is 11.8 Å². The molecule has 1 atom stereocenters. The summed E-state index contributed by atoms with van der Waals surface area (Å²) in [6.45, 7) is 0. The van der Waals surface area contributed by atoms with Crippen molar-refractivity contribution in [3.8, 4) is 0 Å². The molecular formula is C16H11F3OS. The molecule has 2 aromatic rings. The Morgan fingerprint density at radius 2 is 1.71 bits per heavy atom. The van der Waals surface area contributed by atoms with Gasteiger partial charge in [0.1, 0.15) is 0 Å². The highest BCUT2D eigenvalue weighted by molar-refractivity contribution is 7.99. The summed E-state index contributed by atoms with van der Waals surface area (Å²) in [6, 6.07) is 12.1. The second-order valence-corrected chi connectivity index (χ2v) is 5.90. The standard InChI is InChI=1S/C16H11F3OS/c17-16(18,19)11-7-5-10(6-8-11)15(20)13-9-21-14-4-2-1-3-12(13)14/h1-8,13H,9H2. The molecule has 5 heteroatoms. The van der Waals surface area contributed by atoms with E-state index in [1.807, 2.05) is 24.3 Å². The quantitative estimate of drug-likeness (QED) is 0.743. The molecule has 1 aliphatic heterocycles. The van der Waals surface area contributed by atoms with E-state index in [9.17, 15) is 18.0 Å². The van der Waals surface area contributed by atoms with Crippen LogP contribution in [0.15, 0.2) is 53.4 Å². The molecule has 1 unspecified atom stereocenters. The van der Waals surface area contributed by atoms with Crippen molar-refractivity contribution >= 4 is 17.5 Å². The van der Waals surface area contributed by atoms with Gasteiger partial charge >= 0.3 is 6.18 Å². The SMILES string of the molecule is O=C(c1ccc(C(F)(F)F)cc1)C1CSc2ccccc21. The van der Waals surface area contributed by atoms with Crippen LogP contribution in [-0.4, -0.2) is 11.5 Å². The van der Waals surface area contributed by atoms with Crippen molar-refractivity contribution in [3.05, 3.63) is 65.2 Å². The van der Waals surface area contributed by atoms with Crippen LogP contribution in [0, 0.1) is 0 Å². The lowest BCUT2D eigenvalue weighted by atomic mass is 9.92. The number of fused-ring (bicyclic) bond motifs is 1. The number of alkyl halides is 3. The van der Waals surface area contributed by atoms with Crippen molar-refractivity contribution in [3.63, 3.8) is 0 Å². The topological polar surface area (TPSA) is 17.1 Å². The molecule has 1 nitrogen and oxygen atoms in total. The van der Waals surface area contributed by atoms with Gasteiger partial charge in [0.25, 0.3) is 0 Å². The van der Waals surface area contributed by atoms with E-state index in [2.05, 4.69) is 0 Å².